The predicted octanol–water partition coefficient (Wildman–Crippen LogP) is 5.62. The highest BCUT2D eigenvalue weighted by Gasteiger charge is 2.07. The van der Waals surface area contributed by atoms with Crippen molar-refractivity contribution < 1.29 is 0 Å². The normalized spacial score (nSPS) is 11.7. The molecule has 3 heteroatoms. The lowest BCUT2D eigenvalue weighted by Crippen LogP contribution is -2.16. The molecule has 140 valence electrons. The van der Waals surface area contributed by atoms with Crippen molar-refractivity contribution in [2.24, 2.45) is 16.7 Å². The molecule has 0 aliphatic rings. The zero-order chi connectivity index (χ0) is 18.6. The summed E-state index contributed by atoms with van der Waals surface area (Å²) in [6.45, 7) is 2.27. The Labute approximate surface area is 158 Å². The van der Waals surface area contributed by atoms with E-state index in [1.165, 1.54) is 56.9 Å². The lowest BCUT2D eigenvalue weighted by molar-refractivity contribution is 0.575. The Morgan fingerprint density at radius 3 is 2.08 bits per heavy atom. The van der Waals surface area contributed by atoms with Crippen LogP contribution in [0.4, 0.5) is 0 Å². The van der Waals surface area contributed by atoms with Crippen LogP contribution in [0.2, 0.25) is 0 Å². The summed E-state index contributed by atoms with van der Waals surface area (Å²) in [5.74, 6) is 5.72. The predicted molar refractivity (Wildman–Crippen MR) is 113 cm³/mol. The van der Waals surface area contributed by atoms with Gasteiger partial charge < -0.3 is 11.6 Å². The van der Waals surface area contributed by atoms with Gasteiger partial charge in [0.2, 0.25) is 0 Å². The van der Waals surface area contributed by atoms with Gasteiger partial charge in [-0.1, -0.05) is 100 Å². The molecule has 2 aromatic rings. The minimum atomic E-state index is 0.364. The number of aryl methyl sites for hydroxylation is 1. The molecule has 0 radical (unpaired) electrons. The van der Waals surface area contributed by atoms with Crippen molar-refractivity contribution in [1.29, 1.82) is 0 Å². The van der Waals surface area contributed by atoms with Crippen LogP contribution in [-0.4, -0.2) is 5.84 Å². The molecule has 0 aromatic heterocycles. The first kappa shape index (κ1) is 20.0. The van der Waals surface area contributed by atoms with E-state index in [-0.39, 0.29) is 0 Å². The van der Waals surface area contributed by atoms with E-state index in [0.717, 1.165) is 23.1 Å². The summed E-state index contributed by atoms with van der Waals surface area (Å²) >= 11 is 0. The third kappa shape index (κ3) is 6.21. The highest BCUT2D eigenvalue weighted by atomic mass is 15.2. The molecule has 2 aromatic carbocycles. The number of benzene rings is 2. The van der Waals surface area contributed by atoms with Gasteiger partial charge in [-0.05, 0) is 29.5 Å². The van der Waals surface area contributed by atoms with E-state index in [4.69, 9.17) is 11.6 Å². The summed E-state index contributed by atoms with van der Waals surface area (Å²) in [6.07, 6.45) is 12.0. The summed E-state index contributed by atoms with van der Waals surface area (Å²) in [5, 5.41) is 3.64. The van der Waals surface area contributed by atoms with Crippen molar-refractivity contribution in [1.82, 2.24) is 0 Å². The van der Waals surface area contributed by atoms with Gasteiger partial charge in [0.1, 0.15) is 0 Å². The first-order valence-electron chi connectivity index (χ1n) is 9.98. The molecule has 0 saturated carbocycles. The van der Waals surface area contributed by atoms with E-state index < -0.39 is 0 Å². The van der Waals surface area contributed by atoms with Crippen LogP contribution in [0.5, 0.6) is 0 Å². The Morgan fingerprint density at radius 2 is 1.42 bits per heavy atom. The van der Waals surface area contributed by atoms with Crippen molar-refractivity contribution in [2.75, 3.05) is 0 Å². The first-order valence-corrected chi connectivity index (χ1v) is 9.98. The summed E-state index contributed by atoms with van der Waals surface area (Å²) in [6, 6.07) is 16.8. The van der Waals surface area contributed by atoms with Crippen LogP contribution < -0.4 is 11.6 Å². The first-order chi connectivity index (χ1) is 12.8. The van der Waals surface area contributed by atoms with Crippen molar-refractivity contribution in [3.63, 3.8) is 0 Å². The maximum Gasteiger partial charge on any atom is 0.150 e. The van der Waals surface area contributed by atoms with Crippen LogP contribution in [0.15, 0.2) is 53.6 Å². The van der Waals surface area contributed by atoms with Gasteiger partial charge in [-0.3, -0.25) is 0 Å². The van der Waals surface area contributed by atoms with Crippen molar-refractivity contribution in [3.05, 3.63) is 59.7 Å². The zero-order valence-corrected chi connectivity index (χ0v) is 16.1. The molecular formula is C23H33N3. The number of hydrazone groups is 1. The van der Waals surface area contributed by atoms with E-state index >= 15 is 0 Å². The molecule has 0 aliphatic heterocycles. The van der Waals surface area contributed by atoms with Crippen molar-refractivity contribution >= 4 is 5.84 Å². The van der Waals surface area contributed by atoms with E-state index in [1.54, 1.807) is 0 Å². The minimum absolute atomic E-state index is 0.364. The number of hydrogen-bond acceptors (Lipinski definition) is 2. The molecule has 0 fully saturated rings. The number of nitrogens with two attached hydrogens (primary N) is 2. The maximum absolute atomic E-state index is 5.92. The van der Waals surface area contributed by atoms with Crippen LogP contribution in [0.3, 0.4) is 0 Å². The van der Waals surface area contributed by atoms with Crippen molar-refractivity contribution in [3.8, 4) is 11.1 Å². The fourth-order valence-electron chi connectivity index (χ4n) is 3.34. The SMILES string of the molecule is CCCCCCCCCCc1ccc(-c2ccccc2C(N)=NN)cc1. The van der Waals surface area contributed by atoms with E-state index in [9.17, 15) is 0 Å². The standard InChI is InChI=1S/C23H33N3/c1-2-3-4-5-6-7-8-9-12-19-15-17-20(18-16-19)21-13-10-11-14-22(21)23(24)26-25/h10-11,13-18H,2-9,12,25H2,1H3,(H2,24,26). The van der Waals surface area contributed by atoms with Gasteiger partial charge in [0.25, 0.3) is 0 Å². The Hall–Kier alpha value is -2.29. The van der Waals surface area contributed by atoms with Gasteiger partial charge in [-0.2, -0.15) is 5.10 Å². The molecule has 0 unspecified atom stereocenters. The summed E-state index contributed by atoms with van der Waals surface area (Å²) in [7, 11) is 0. The Balaban J connectivity index is 1.84. The van der Waals surface area contributed by atoms with Gasteiger partial charge in [0.05, 0.1) is 0 Å². The summed E-state index contributed by atoms with van der Waals surface area (Å²) < 4.78 is 0. The maximum atomic E-state index is 5.92. The topological polar surface area (TPSA) is 64.4 Å². The minimum Gasteiger partial charge on any atom is -0.382 e. The molecule has 0 atom stereocenters. The van der Waals surface area contributed by atoms with Gasteiger partial charge in [0, 0.05) is 5.56 Å². The number of hydrogen-bond donors (Lipinski definition) is 2. The molecule has 0 spiro atoms. The molecule has 0 bridgehead atoms. The fourth-order valence-corrected chi connectivity index (χ4v) is 3.34. The Kier molecular flexibility index (Phi) is 8.74. The molecule has 0 saturated heterocycles. The smallest absolute Gasteiger partial charge is 0.150 e. The zero-order valence-electron chi connectivity index (χ0n) is 16.1. The van der Waals surface area contributed by atoms with E-state index in [1.807, 2.05) is 18.2 Å². The largest absolute Gasteiger partial charge is 0.382 e. The molecule has 0 amide bonds. The van der Waals surface area contributed by atoms with Gasteiger partial charge in [0.15, 0.2) is 5.84 Å². The van der Waals surface area contributed by atoms with Crippen LogP contribution in [0.25, 0.3) is 11.1 Å². The second-order valence-corrected chi connectivity index (χ2v) is 6.98. The second kappa shape index (κ2) is 11.3. The van der Waals surface area contributed by atoms with E-state index in [2.05, 4.69) is 42.4 Å². The fraction of sp³-hybridized carbons (Fsp3) is 0.435. The number of nitrogens with zero attached hydrogens (tertiary/aromatic N) is 1. The second-order valence-electron chi connectivity index (χ2n) is 6.98. The molecule has 0 heterocycles. The van der Waals surface area contributed by atoms with Crippen LogP contribution in [-0.2, 0) is 6.42 Å². The van der Waals surface area contributed by atoms with Crippen LogP contribution >= 0.6 is 0 Å². The molecule has 2 rings (SSSR count). The van der Waals surface area contributed by atoms with Gasteiger partial charge >= 0.3 is 0 Å². The summed E-state index contributed by atoms with van der Waals surface area (Å²) in [5.41, 5.74) is 10.4. The number of amidine groups is 1. The average Bonchev–Trinajstić information content (AvgIpc) is 2.70. The van der Waals surface area contributed by atoms with Crippen molar-refractivity contribution in [2.45, 2.75) is 64.7 Å². The van der Waals surface area contributed by atoms with Gasteiger partial charge in [-0.15, -0.1) is 0 Å². The lowest BCUT2D eigenvalue weighted by Gasteiger charge is -2.10. The Morgan fingerprint density at radius 1 is 0.808 bits per heavy atom. The summed E-state index contributed by atoms with van der Waals surface area (Å²) in [4.78, 5) is 0. The molecular weight excluding hydrogens is 318 g/mol. The highest BCUT2D eigenvalue weighted by Crippen LogP contribution is 2.24. The molecule has 0 aliphatic carbocycles. The number of unbranched alkanes of at least 4 members (excludes halogenated alkanes) is 7. The molecule has 4 N–H and O–H groups in total. The third-order valence-corrected chi connectivity index (χ3v) is 4.93. The quantitative estimate of drug-likeness (QED) is 0.181. The van der Waals surface area contributed by atoms with Crippen LogP contribution in [0, 0.1) is 0 Å². The van der Waals surface area contributed by atoms with Gasteiger partial charge in [-0.25, -0.2) is 0 Å². The van der Waals surface area contributed by atoms with E-state index in [0.29, 0.717) is 5.84 Å². The Bertz CT molecular complexity index is 674. The average molecular weight is 352 g/mol. The third-order valence-electron chi connectivity index (χ3n) is 4.93. The highest BCUT2D eigenvalue weighted by molar-refractivity contribution is 6.03. The number of rotatable bonds is 11. The molecule has 26 heavy (non-hydrogen) atoms. The lowest BCUT2D eigenvalue weighted by atomic mass is 9.97. The monoisotopic (exact) mass is 351 g/mol. The molecule has 3 nitrogen and oxygen atoms in total. The van der Waals surface area contributed by atoms with Crippen LogP contribution in [0.1, 0.15) is 69.4 Å².